The molecule has 4 nitrogen and oxygen atoms in total. The first-order valence-electron chi connectivity index (χ1n) is 6.70. The minimum atomic E-state index is 0.398. The van der Waals surface area contributed by atoms with Gasteiger partial charge in [-0.25, -0.2) is 9.97 Å². The van der Waals surface area contributed by atoms with Crippen molar-refractivity contribution in [3.63, 3.8) is 0 Å². The minimum absolute atomic E-state index is 0.398. The molecule has 0 saturated heterocycles. The average Bonchev–Trinajstić information content (AvgIpc) is 3.32. The molecule has 0 spiro atoms. The van der Waals surface area contributed by atoms with E-state index in [0.29, 0.717) is 12.5 Å². The molecule has 1 aromatic heterocycles. The standard InChI is InChI=1S/C15H16IN3O/c1-17-15-13(16)14(10-7-8-10)18-12(19-15)9-20-11-5-3-2-4-6-11/h2-6,10H,7-9H2,1H3,(H,17,18,19). The topological polar surface area (TPSA) is 47.0 Å². The van der Waals surface area contributed by atoms with Crippen LogP contribution >= 0.6 is 22.6 Å². The van der Waals surface area contributed by atoms with E-state index in [1.165, 1.54) is 12.8 Å². The van der Waals surface area contributed by atoms with Crippen LogP contribution in [0.15, 0.2) is 30.3 Å². The Morgan fingerprint density at radius 3 is 2.65 bits per heavy atom. The lowest BCUT2D eigenvalue weighted by molar-refractivity contribution is 0.295. The third-order valence-electron chi connectivity index (χ3n) is 3.24. The first kappa shape index (κ1) is 13.6. The Morgan fingerprint density at radius 1 is 1.25 bits per heavy atom. The molecule has 0 atom stereocenters. The van der Waals surface area contributed by atoms with Gasteiger partial charge in [-0.1, -0.05) is 18.2 Å². The van der Waals surface area contributed by atoms with Gasteiger partial charge in [-0.2, -0.15) is 0 Å². The Kier molecular flexibility index (Phi) is 4.05. The summed E-state index contributed by atoms with van der Waals surface area (Å²) in [5.74, 6) is 3.08. The van der Waals surface area contributed by atoms with Gasteiger partial charge >= 0.3 is 0 Å². The van der Waals surface area contributed by atoms with Crippen LogP contribution in [0.5, 0.6) is 5.75 Å². The van der Waals surface area contributed by atoms with Gasteiger partial charge in [0.2, 0.25) is 0 Å². The molecule has 1 N–H and O–H groups in total. The van der Waals surface area contributed by atoms with Crippen molar-refractivity contribution in [3.05, 3.63) is 45.4 Å². The Labute approximate surface area is 132 Å². The van der Waals surface area contributed by atoms with Crippen molar-refractivity contribution in [2.75, 3.05) is 12.4 Å². The molecule has 104 valence electrons. The predicted octanol–water partition coefficient (Wildman–Crippen LogP) is 3.58. The molecule has 1 fully saturated rings. The van der Waals surface area contributed by atoms with Crippen LogP contribution in [0.2, 0.25) is 0 Å². The summed E-state index contributed by atoms with van der Waals surface area (Å²) >= 11 is 2.32. The highest BCUT2D eigenvalue weighted by Gasteiger charge is 2.29. The Morgan fingerprint density at radius 2 is 2.00 bits per heavy atom. The van der Waals surface area contributed by atoms with Gasteiger partial charge in [0.1, 0.15) is 18.2 Å². The number of nitrogens with one attached hydrogen (secondary N) is 1. The van der Waals surface area contributed by atoms with Gasteiger partial charge in [-0.05, 0) is 47.6 Å². The van der Waals surface area contributed by atoms with E-state index in [9.17, 15) is 0 Å². The largest absolute Gasteiger partial charge is 0.486 e. The summed E-state index contributed by atoms with van der Waals surface area (Å²) in [5.41, 5.74) is 1.16. The highest BCUT2D eigenvalue weighted by atomic mass is 127. The van der Waals surface area contributed by atoms with Crippen molar-refractivity contribution in [3.8, 4) is 5.75 Å². The van der Waals surface area contributed by atoms with Crippen molar-refractivity contribution >= 4 is 28.4 Å². The second-order valence-electron chi connectivity index (χ2n) is 4.81. The number of benzene rings is 1. The molecule has 20 heavy (non-hydrogen) atoms. The Hall–Kier alpha value is -1.37. The number of hydrogen-bond donors (Lipinski definition) is 1. The van der Waals surface area contributed by atoms with E-state index < -0.39 is 0 Å². The number of anilines is 1. The lowest BCUT2D eigenvalue weighted by atomic mass is 10.2. The van der Waals surface area contributed by atoms with E-state index in [-0.39, 0.29) is 0 Å². The zero-order valence-electron chi connectivity index (χ0n) is 11.3. The molecule has 1 aliphatic rings. The van der Waals surface area contributed by atoms with Gasteiger partial charge in [-0.3, -0.25) is 0 Å². The SMILES string of the molecule is CNc1nc(COc2ccccc2)nc(C2CC2)c1I. The molecule has 5 heteroatoms. The molecule has 0 unspecified atom stereocenters. The summed E-state index contributed by atoms with van der Waals surface area (Å²) in [7, 11) is 1.89. The third-order valence-corrected chi connectivity index (χ3v) is 4.30. The van der Waals surface area contributed by atoms with E-state index in [2.05, 4.69) is 37.9 Å². The van der Waals surface area contributed by atoms with E-state index >= 15 is 0 Å². The molecule has 0 bridgehead atoms. The second kappa shape index (κ2) is 5.95. The first-order valence-corrected chi connectivity index (χ1v) is 7.77. The molecule has 1 heterocycles. The van der Waals surface area contributed by atoms with Crippen LogP contribution in [0.25, 0.3) is 0 Å². The maximum atomic E-state index is 5.73. The van der Waals surface area contributed by atoms with E-state index in [4.69, 9.17) is 4.74 Å². The van der Waals surface area contributed by atoms with Crippen LogP contribution in [-0.4, -0.2) is 17.0 Å². The van der Waals surface area contributed by atoms with Crippen molar-refractivity contribution in [1.82, 2.24) is 9.97 Å². The zero-order valence-corrected chi connectivity index (χ0v) is 13.4. The Balaban J connectivity index is 1.80. The summed E-state index contributed by atoms with van der Waals surface area (Å²) in [5, 5.41) is 3.14. The van der Waals surface area contributed by atoms with Gasteiger partial charge < -0.3 is 10.1 Å². The monoisotopic (exact) mass is 381 g/mol. The quantitative estimate of drug-likeness (QED) is 0.805. The van der Waals surface area contributed by atoms with Crippen molar-refractivity contribution in [1.29, 1.82) is 0 Å². The molecule has 1 saturated carbocycles. The van der Waals surface area contributed by atoms with Crippen LogP contribution in [0.3, 0.4) is 0 Å². The third kappa shape index (κ3) is 3.03. The summed E-state index contributed by atoms with van der Waals surface area (Å²) in [6.07, 6.45) is 2.46. The van der Waals surface area contributed by atoms with Gasteiger partial charge in [0.15, 0.2) is 5.82 Å². The highest BCUT2D eigenvalue weighted by molar-refractivity contribution is 14.1. The smallest absolute Gasteiger partial charge is 0.168 e. The van der Waals surface area contributed by atoms with Gasteiger partial charge in [-0.15, -0.1) is 0 Å². The fourth-order valence-corrected chi connectivity index (χ4v) is 2.99. The fourth-order valence-electron chi connectivity index (χ4n) is 2.03. The molecule has 1 aromatic carbocycles. The van der Waals surface area contributed by atoms with Gasteiger partial charge in [0.05, 0.1) is 9.26 Å². The maximum Gasteiger partial charge on any atom is 0.168 e. The van der Waals surface area contributed by atoms with Crippen molar-refractivity contribution in [2.45, 2.75) is 25.4 Å². The second-order valence-corrected chi connectivity index (χ2v) is 5.89. The number of halogens is 1. The van der Waals surface area contributed by atoms with Crippen LogP contribution < -0.4 is 10.1 Å². The van der Waals surface area contributed by atoms with Crippen LogP contribution in [-0.2, 0) is 6.61 Å². The highest BCUT2D eigenvalue weighted by Crippen LogP contribution is 2.42. The summed E-state index contributed by atoms with van der Waals surface area (Å²) in [6, 6.07) is 9.76. The molecule has 0 radical (unpaired) electrons. The average molecular weight is 381 g/mol. The molecule has 3 rings (SSSR count). The first-order chi connectivity index (χ1) is 9.78. The molecular formula is C15H16IN3O. The summed E-state index contributed by atoms with van der Waals surface area (Å²) in [6.45, 7) is 0.398. The Bertz CT molecular complexity index is 600. The number of rotatable bonds is 5. The van der Waals surface area contributed by atoms with Crippen molar-refractivity contribution in [2.24, 2.45) is 0 Å². The molecule has 1 aliphatic carbocycles. The van der Waals surface area contributed by atoms with E-state index in [1.54, 1.807) is 0 Å². The summed E-state index contributed by atoms with van der Waals surface area (Å²) in [4.78, 5) is 9.20. The molecule has 2 aromatic rings. The number of nitrogens with zero attached hydrogens (tertiary/aromatic N) is 2. The normalized spacial score (nSPS) is 14.1. The predicted molar refractivity (Wildman–Crippen MR) is 87.0 cm³/mol. The summed E-state index contributed by atoms with van der Waals surface area (Å²) < 4.78 is 6.87. The van der Waals surface area contributed by atoms with Crippen LogP contribution in [0.4, 0.5) is 5.82 Å². The van der Waals surface area contributed by atoms with Gasteiger partial charge in [0.25, 0.3) is 0 Å². The zero-order chi connectivity index (χ0) is 13.9. The number of hydrogen-bond acceptors (Lipinski definition) is 4. The van der Waals surface area contributed by atoms with E-state index in [0.717, 1.165) is 26.7 Å². The molecule has 0 aliphatic heterocycles. The lowest BCUT2D eigenvalue weighted by Gasteiger charge is -2.11. The lowest BCUT2D eigenvalue weighted by Crippen LogP contribution is -2.09. The van der Waals surface area contributed by atoms with E-state index in [1.807, 2.05) is 37.4 Å². The minimum Gasteiger partial charge on any atom is -0.486 e. The van der Waals surface area contributed by atoms with Crippen molar-refractivity contribution < 1.29 is 4.74 Å². The maximum absolute atomic E-state index is 5.73. The number of ether oxygens (including phenoxy) is 1. The van der Waals surface area contributed by atoms with Crippen LogP contribution in [0, 0.1) is 3.57 Å². The fraction of sp³-hybridized carbons (Fsp3) is 0.333. The van der Waals surface area contributed by atoms with Crippen LogP contribution in [0.1, 0.15) is 30.3 Å². The van der Waals surface area contributed by atoms with Gasteiger partial charge in [0, 0.05) is 13.0 Å². The number of para-hydroxylation sites is 1. The molecule has 0 amide bonds. The molecular weight excluding hydrogens is 365 g/mol. The number of aromatic nitrogens is 2.